The van der Waals surface area contributed by atoms with Gasteiger partial charge in [0, 0.05) is 5.56 Å². The van der Waals surface area contributed by atoms with Crippen molar-refractivity contribution in [1.82, 2.24) is 0 Å². The van der Waals surface area contributed by atoms with Crippen LogP contribution >= 0.6 is 0 Å². The monoisotopic (exact) mass is 164 g/mol. The van der Waals surface area contributed by atoms with Crippen molar-refractivity contribution in [3.05, 3.63) is 35.9 Å². The predicted octanol–water partition coefficient (Wildman–Crippen LogP) is 1.32. The van der Waals surface area contributed by atoms with Crippen LogP contribution in [0.3, 0.4) is 0 Å². The van der Waals surface area contributed by atoms with Gasteiger partial charge < -0.3 is 10.4 Å². The van der Waals surface area contributed by atoms with Crippen LogP contribution in [0.2, 0.25) is 0 Å². The maximum Gasteiger partial charge on any atom is 0.131 e. The summed E-state index contributed by atoms with van der Waals surface area (Å²) in [6, 6.07) is 8.93. The van der Waals surface area contributed by atoms with Crippen molar-refractivity contribution in [2.75, 3.05) is 0 Å². The van der Waals surface area contributed by atoms with Crippen LogP contribution in [0.15, 0.2) is 40.6 Å². The van der Waals surface area contributed by atoms with E-state index in [1.54, 1.807) is 24.3 Å². The van der Waals surface area contributed by atoms with E-state index in [9.17, 15) is 0 Å². The van der Waals surface area contributed by atoms with Crippen molar-refractivity contribution in [3.63, 3.8) is 0 Å². The molecule has 0 aliphatic heterocycles. The summed E-state index contributed by atoms with van der Waals surface area (Å²) in [6.07, 6.45) is 1.06. The van der Waals surface area contributed by atoms with Gasteiger partial charge >= 0.3 is 0 Å². The highest BCUT2D eigenvalue weighted by Crippen LogP contribution is 1.98. The zero-order valence-electron chi connectivity index (χ0n) is 6.25. The van der Waals surface area contributed by atoms with Crippen molar-refractivity contribution in [2.45, 2.75) is 0 Å². The summed E-state index contributed by atoms with van der Waals surface area (Å²) in [6.45, 7) is 0. The molecular formula is C8H8N2O2. The summed E-state index contributed by atoms with van der Waals surface area (Å²) in [5.74, 6) is 0. The highest BCUT2D eigenvalue weighted by molar-refractivity contribution is 6.37. The molecule has 0 radical (unpaired) electrons. The van der Waals surface area contributed by atoms with Crippen LogP contribution in [-0.4, -0.2) is 22.3 Å². The molecule has 0 aromatic heterocycles. The van der Waals surface area contributed by atoms with E-state index in [0.29, 0.717) is 5.56 Å². The zero-order chi connectivity index (χ0) is 8.81. The fraction of sp³-hybridized carbons (Fsp3) is 0. The Morgan fingerprint density at radius 2 is 1.83 bits per heavy atom. The van der Waals surface area contributed by atoms with Crippen molar-refractivity contribution >= 4 is 11.9 Å². The van der Waals surface area contributed by atoms with Gasteiger partial charge in [-0.1, -0.05) is 40.6 Å². The third kappa shape index (κ3) is 1.82. The van der Waals surface area contributed by atoms with E-state index in [-0.39, 0.29) is 5.71 Å². The van der Waals surface area contributed by atoms with E-state index < -0.39 is 0 Å². The highest BCUT2D eigenvalue weighted by atomic mass is 16.4. The van der Waals surface area contributed by atoms with Crippen molar-refractivity contribution in [1.29, 1.82) is 0 Å². The Balaban J connectivity index is 2.97. The molecule has 0 saturated heterocycles. The van der Waals surface area contributed by atoms with E-state index in [1.807, 2.05) is 6.07 Å². The Morgan fingerprint density at radius 3 is 2.33 bits per heavy atom. The van der Waals surface area contributed by atoms with Gasteiger partial charge in [-0.2, -0.15) is 0 Å². The highest BCUT2D eigenvalue weighted by Gasteiger charge is 1.98. The van der Waals surface area contributed by atoms with E-state index >= 15 is 0 Å². The van der Waals surface area contributed by atoms with Gasteiger partial charge in [0.25, 0.3) is 0 Å². The molecule has 0 unspecified atom stereocenters. The van der Waals surface area contributed by atoms with Gasteiger partial charge in [0.05, 0.1) is 6.21 Å². The second-order valence-electron chi connectivity index (χ2n) is 2.10. The second kappa shape index (κ2) is 4.12. The molecule has 0 saturated carbocycles. The predicted molar refractivity (Wildman–Crippen MR) is 45.0 cm³/mol. The quantitative estimate of drug-likeness (QED) is 0.393. The summed E-state index contributed by atoms with van der Waals surface area (Å²) < 4.78 is 0. The van der Waals surface area contributed by atoms with Gasteiger partial charge in [-0.25, -0.2) is 0 Å². The molecule has 1 aromatic rings. The lowest BCUT2D eigenvalue weighted by Gasteiger charge is -1.95. The molecule has 0 atom stereocenters. The first kappa shape index (κ1) is 8.26. The molecule has 0 aliphatic rings. The number of rotatable bonds is 2. The lowest BCUT2D eigenvalue weighted by atomic mass is 10.1. The molecule has 1 aromatic carbocycles. The van der Waals surface area contributed by atoms with E-state index in [0.717, 1.165) is 6.21 Å². The molecule has 4 heteroatoms. The van der Waals surface area contributed by atoms with E-state index in [1.165, 1.54) is 0 Å². The van der Waals surface area contributed by atoms with E-state index in [4.69, 9.17) is 10.4 Å². The van der Waals surface area contributed by atoms with Crippen LogP contribution in [0.5, 0.6) is 0 Å². The van der Waals surface area contributed by atoms with Gasteiger partial charge in [0.2, 0.25) is 0 Å². The maximum absolute atomic E-state index is 8.50. The summed E-state index contributed by atoms with van der Waals surface area (Å²) in [4.78, 5) is 0. The average molecular weight is 164 g/mol. The summed E-state index contributed by atoms with van der Waals surface area (Å²) in [5.41, 5.74) is 0.913. The zero-order valence-corrected chi connectivity index (χ0v) is 6.25. The second-order valence-corrected chi connectivity index (χ2v) is 2.10. The largest absolute Gasteiger partial charge is 0.411 e. The van der Waals surface area contributed by atoms with Gasteiger partial charge in [-0.15, -0.1) is 0 Å². The number of hydrogen-bond acceptors (Lipinski definition) is 4. The Bertz CT molecular complexity index is 293. The molecule has 4 nitrogen and oxygen atoms in total. The lowest BCUT2D eigenvalue weighted by Crippen LogP contribution is -2.01. The van der Waals surface area contributed by atoms with Gasteiger partial charge in [0.15, 0.2) is 0 Å². The molecule has 0 spiro atoms. The summed E-state index contributed by atoms with van der Waals surface area (Å²) in [5, 5.41) is 22.4. The van der Waals surface area contributed by atoms with Gasteiger partial charge in [-0.05, 0) is 0 Å². The molecule has 0 heterocycles. The summed E-state index contributed by atoms with van der Waals surface area (Å²) >= 11 is 0. The number of oxime groups is 2. The van der Waals surface area contributed by atoms with Gasteiger partial charge in [-0.3, -0.25) is 0 Å². The molecule has 62 valence electrons. The third-order valence-corrected chi connectivity index (χ3v) is 1.36. The number of hydrogen-bond donors (Lipinski definition) is 2. The van der Waals surface area contributed by atoms with Crippen LogP contribution in [-0.2, 0) is 0 Å². The minimum atomic E-state index is 0.220. The smallest absolute Gasteiger partial charge is 0.131 e. The summed E-state index contributed by atoms with van der Waals surface area (Å²) in [7, 11) is 0. The minimum absolute atomic E-state index is 0.220. The minimum Gasteiger partial charge on any atom is -0.411 e. The van der Waals surface area contributed by atoms with Crippen molar-refractivity contribution < 1.29 is 10.4 Å². The van der Waals surface area contributed by atoms with Gasteiger partial charge in [0.1, 0.15) is 5.71 Å². The first-order chi connectivity index (χ1) is 5.88. The van der Waals surface area contributed by atoms with Crippen LogP contribution in [0.25, 0.3) is 0 Å². The van der Waals surface area contributed by atoms with Crippen LogP contribution < -0.4 is 0 Å². The van der Waals surface area contributed by atoms with Crippen molar-refractivity contribution in [2.24, 2.45) is 10.3 Å². The Labute approximate surface area is 69.4 Å². The standard InChI is InChI=1S/C8H8N2O2/c11-9-6-8(10-12)7-4-2-1-3-5-7/h1-6,11-12H/b9-6-,10-8+. The first-order valence-corrected chi connectivity index (χ1v) is 3.33. The molecule has 0 aliphatic carbocycles. The third-order valence-electron chi connectivity index (χ3n) is 1.36. The number of nitrogens with zero attached hydrogens (tertiary/aromatic N) is 2. The van der Waals surface area contributed by atoms with E-state index in [2.05, 4.69) is 10.3 Å². The topological polar surface area (TPSA) is 65.2 Å². The Hall–Kier alpha value is -1.84. The normalized spacial score (nSPS) is 12.2. The van der Waals surface area contributed by atoms with Crippen molar-refractivity contribution in [3.8, 4) is 0 Å². The SMILES string of the molecule is O/N=C\C(=N/O)c1ccccc1. The number of benzene rings is 1. The fourth-order valence-corrected chi connectivity index (χ4v) is 0.822. The first-order valence-electron chi connectivity index (χ1n) is 3.33. The molecular weight excluding hydrogens is 156 g/mol. The molecule has 0 amide bonds. The fourth-order valence-electron chi connectivity index (χ4n) is 0.822. The Kier molecular flexibility index (Phi) is 2.84. The lowest BCUT2D eigenvalue weighted by molar-refractivity contribution is 0.316. The molecule has 1 rings (SSSR count). The molecule has 2 N–H and O–H groups in total. The molecule has 12 heavy (non-hydrogen) atoms. The molecule has 0 bridgehead atoms. The van der Waals surface area contributed by atoms with Crippen LogP contribution in [0, 0.1) is 0 Å². The Morgan fingerprint density at radius 1 is 1.17 bits per heavy atom. The van der Waals surface area contributed by atoms with Crippen LogP contribution in [0.4, 0.5) is 0 Å². The molecule has 0 fully saturated rings. The maximum atomic E-state index is 8.50. The van der Waals surface area contributed by atoms with Crippen LogP contribution in [0.1, 0.15) is 5.56 Å². The average Bonchev–Trinajstić information content (AvgIpc) is 2.15.